The van der Waals surface area contributed by atoms with Gasteiger partial charge in [0.15, 0.2) is 0 Å². The van der Waals surface area contributed by atoms with E-state index in [1.807, 2.05) is 0 Å². The monoisotopic (exact) mass is 410 g/mol. The van der Waals surface area contributed by atoms with Crippen molar-refractivity contribution in [3.8, 4) is 0 Å². The van der Waals surface area contributed by atoms with Crippen molar-refractivity contribution in [2.75, 3.05) is 0 Å². The van der Waals surface area contributed by atoms with Gasteiger partial charge in [-0.25, -0.2) is 11.1 Å². The Bertz CT molecular complexity index is 490. The van der Waals surface area contributed by atoms with Crippen LogP contribution in [0.4, 0.5) is 0 Å². The van der Waals surface area contributed by atoms with E-state index in [0.717, 1.165) is 0 Å². The van der Waals surface area contributed by atoms with E-state index in [0.29, 0.717) is 0 Å². The molecule has 2 heteroatoms. The molecule has 23 heavy (non-hydrogen) atoms. The number of hydrogen-bond acceptors (Lipinski definition) is 0. The first-order chi connectivity index (χ1) is 8.90. The van der Waals surface area contributed by atoms with Crippen LogP contribution in [0.2, 0.25) is 0 Å². The molecule has 0 N–H and O–H groups in total. The molecule has 0 amide bonds. The first-order valence-corrected chi connectivity index (χ1v) is 7.50. The van der Waals surface area contributed by atoms with E-state index in [1.165, 1.54) is 33.4 Å². The second kappa shape index (κ2) is 9.57. The van der Waals surface area contributed by atoms with E-state index in [4.69, 9.17) is 0 Å². The fourth-order valence-corrected chi connectivity index (χ4v) is 2.81. The molecule has 0 aliphatic heterocycles. The zero-order valence-electron chi connectivity index (χ0n) is 16.9. The SMILES string of the molecule is CC1=[C-]C(C)(C)C(C)=C1C.CC1=[C-]C(C)(C)C(C)=C1C.[CH3-].[Cl-].[Zr+4]. The molecule has 0 nitrogen and oxygen atoms in total. The summed E-state index contributed by atoms with van der Waals surface area (Å²) in [6.07, 6.45) is 6.87. The van der Waals surface area contributed by atoms with Gasteiger partial charge in [0.1, 0.15) is 0 Å². The summed E-state index contributed by atoms with van der Waals surface area (Å²) in [5, 5.41) is 0. The molecule has 0 bridgehead atoms. The van der Waals surface area contributed by atoms with Crippen LogP contribution in [0.3, 0.4) is 0 Å². The minimum Gasteiger partial charge on any atom is -1.00 e. The van der Waals surface area contributed by atoms with Gasteiger partial charge in [-0.3, -0.25) is 12.2 Å². The van der Waals surface area contributed by atoms with Gasteiger partial charge in [-0.2, -0.15) is 22.3 Å². The molecular formula is C21H33ClZr. The van der Waals surface area contributed by atoms with Crippen molar-refractivity contribution < 1.29 is 38.6 Å². The van der Waals surface area contributed by atoms with E-state index in [9.17, 15) is 0 Å². The maximum absolute atomic E-state index is 3.44. The first-order valence-electron chi connectivity index (χ1n) is 7.50. The standard InChI is InChI=1S/2C10H15.CH3.ClH.Zr/c2*1-7-6-10(4,5)9(3)8(7)2;;;/h2*1-5H3;1H3;1H;/q3*-1;;+4/p-1. The molecule has 0 spiro atoms. The summed E-state index contributed by atoms with van der Waals surface area (Å²) in [6.45, 7) is 21.8. The van der Waals surface area contributed by atoms with Crippen molar-refractivity contribution in [2.24, 2.45) is 10.8 Å². The van der Waals surface area contributed by atoms with Gasteiger partial charge in [0.25, 0.3) is 0 Å². The molecule has 128 valence electrons. The molecule has 2 rings (SSSR count). The van der Waals surface area contributed by atoms with Gasteiger partial charge in [-0.1, -0.05) is 66.2 Å². The van der Waals surface area contributed by atoms with Crippen molar-refractivity contribution in [1.82, 2.24) is 0 Å². The normalized spacial score (nSPS) is 20.4. The summed E-state index contributed by atoms with van der Waals surface area (Å²) in [5.41, 5.74) is 8.79. The third-order valence-electron chi connectivity index (χ3n) is 5.12. The van der Waals surface area contributed by atoms with Crippen LogP contribution in [0.25, 0.3) is 0 Å². The van der Waals surface area contributed by atoms with Gasteiger partial charge in [-0.05, 0) is 0 Å². The van der Waals surface area contributed by atoms with E-state index in [2.05, 4.69) is 81.4 Å². The average molecular weight is 412 g/mol. The summed E-state index contributed by atoms with van der Waals surface area (Å²) >= 11 is 0. The van der Waals surface area contributed by atoms with Gasteiger partial charge in [-0.15, -0.1) is 13.8 Å². The predicted molar refractivity (Wildman–Crippen MR) is 95.6 cm³/mol. The molecule has 0 saturated carbocycles. The Labute approximate surface area is 171 Å². The third-order valence-corrected chi connectivity index (χ3v) is 5.12. The van der Waals surface area contributed by atoms with Crippen molar-refractivity contribution in [3.63, 3.8) is 0 Å². The Kier molecular flexibility index (Phi) is 11.6. The molecule has 2 aliphatic carbocycles. The zero-order valence-corrected chi connectivity index (χ0v) is 20.1. The maximum atomic E-state index is 3.44. The molecule has 0 radical (unpaired) electrons. The summed E-state index contributed by atoms with van der Waals surface area (Å²) in [6, 6.07) is 0. The van der Waals surface area contributed by atoms with Crippen LogP contribution in [-0.2, 0) is 26.2 Å². The van der Waals surface area contributed by atoms with Crippen molar-refractivity contribution in [2.45, 2.75) is 69.2 Å². The van der Waals surface area contributed by atoms with Gasteiger partial charge in [0.05, 0.1) is 0 Å². The molecule has 0 heterocycles. The molecule has 0 fully saturated rings. The fraction of sp³-hybridized carbons (Fsp3) is 0.571. The largest absolute Gasteiger partial charge is 4.00 e. The van der Waals surface area contributed by atoms with E-state index < -0.39 is 0 Å². The third kappa shape index (κ3) is 6.17. The Morgan fingerprint density at radius 1 is 0.609 bits per heavy atom. The predicted octanol–water partition coefficient (Wildman–Crippen LogP) is 3.68. The minimum absolute atomic E-state index is 0. The summed E-state index contributed by atoms with van der Waals surface area (Å²) in [5.74, 6) is 0. The number of halogens is 1. The van der Waals surface area contributed by atoms with Crippen molar-refractivity contribution >= 4 is 0 Å². The van der Waals surface area contributed by atoms with Crippen LogP contribution in [-0.4, -0.2) is 0 Å². The zero-order chi connectivity index (χ0) is 15.9. The van der Waals surface area contributed by atoms with Gasteiger partial charge in [0, 0.05) is 0 Å². The topological polar surface area (TPSA) is 0 Å². The minimum atomic E-state index is 0. The molecule has 0 saturated heterocycles. The second-order valence-corrected chi connectivity index (χ2v) is 7.25. The van der Waals surface area contributed by atoms with Crippen LogP contribution in [0, 0.1) is 30.4 Å². The van der Waals surface area contributed by atoms with Crippen LogP contribution >= 0.6 is 0 Å². The van der Waals surface area contributed by atoms with E-state index >= 15 is 0 Å². The van der Waals surface area contributed by atoms with Crippen molar-refractivity contribution in [3.05, 3.63) is 53.0 Å². The summed E-state index contributed by atoms with van der Waals surface area (Å²) < 4.78 is 0. The first kappa shape index (κ1) is 28.0. The Morgan fingerprint density at radius 2 is 0.826 bits per heavy atom. The Hall–Kier alpha value is 0.133. The summed E-state index contributed by atoms with van der Waals surface area (Å²) in [4.78, 5) is 0. The van der Waals surface area contributed by atoms with Gasteiger partial charge < -0.3 is 19.8 Å². The molecule has 0 aromatic heterocycles. The second-order valence-electron chi connectivity index (χ2n) is 7.25. The van der Waals surface area contributed by atoms with Crippen molar-refractivity contribution in [1.29, 1.82) is 0 Å². The van der Waals surface area contributed by atoms with Crippen LogP contribution in [0.15, 0.2) is 33.4 Å². The smallest absolute Gasteiger partial charge is 1.00 e. The molecule has 2 aliphatic rings. The Morgan fingerprint density at radius 3 is 0.870 bits per heavy atom. The molecule has 0 aromatic carbocycles. The number of rotatable bonds is 0. The van der Waals surface area contributed by atoms with E-state index in [1.54, 1.807) is 0 Å². The van der Waals surface area contributed by atoms with Crippen LogP contribution in [0.5, 0.6) is 0 Å². The maximum Gasteiger partial charge on any atom is 4.00 e. The average Bonchev–Trinajstić information content (AvgIpc) is 2.60. The van der Waals surface area contributed by atoms with Gasteiger partial charge in [0.2, 0.25) is 0 Å². The molecule has 0 atom stereocenters. The van der Waals surface area contributed by atoms with Crippen LogP contribution < -0.4 is 12.4 Å². The molecule has 0 unspecified atom stereocenters. The Balaban J connectivity index is -0.000000308. The number of allylic oxidation sites excluding steroid dienone is 8. The quantitative estimate of drug-likeness (QED) is 0.533. The number of hydrogen-bond donors (Lipinski definition) is 0. The van der Waals surface area contributed by atoms with Gasteiger partial charge >= 0.3 is 26.2 Å². The van der Waals surface area contributed by atoms with E-state index in [-0.39, 0.29) is 56.9 Å². The molecule has 0 aromatic rings. The fourth-order valence-electron chi connectivity index (χ4n) is 2.81. The van der Waals surface area contributed by atoms with Crippen LogP contribution in [0.1, 0.15) is 69.2 Å². The molecular weight excluding hydrogens is 379 g/mol. The summed E-state index contributed by atoms with van der Waals surface area (Å²) in [7, 11) is 0.